The van der Waals surface area contributed by atoms with Crippen molar-refractivity contribution < 1.29 is 14.1 Å². The highest BCUT2D eigenvalue weighted by Crippen LogP contribution is 2.21. The van der Waals surface area contributed by atoms with Crippen LogP contribution < -0.4 is 0 Å². The first-order valence-corrected chi connectivity index (χ1v) is 8.69. The summed E-state index contributed by atoms with van der Waals surface area (Å²) in [5.74, 6) is 1.87. The Labute approximate surface area is 146 Å². The van der Waals surface area contributed by atoms with Crippen molar-refractivity contribution in [2.75, 3.05) is 32.8 Å². The predicted octanol–water partition coefficient (Wildman–Crippen LogP) is 0.976. The highest BCUT2D eigenvalue weighted by atomic mass is 16.5. The van der Waals surface area contributed by atoms with Crippen molar-refractivity contribution in [1.29, 1.82) is 0 Å². The van der Waals surface area contributed by atoms with Gasteiger partial charge in [0.2, 0.25) is 0 Å². The summed E-state index contributed by atoms with van der Waals surface area (Å²) >= 11 is 0. The minimum absolute atomic E-state index is 0.0567. The molecule has 2 aliphatic heterocycles. The lowest BCUT2D eigenvalue weighted by Gasteiger charge is -2.30. The first kappa shape index (κ1) is 16.3. The van der Waals surface area contributed by atoms with Crippen LogP contribution in [0.4, 0.5) is 0 Å². The summed E-state index contributed by atoms with van der Waals surface area (Å²) < 4.78 is 12.6. The standard InChI is InChI=1S/C17H23N5O3/c1-12-14(13(2)25-19-12)10-20-3-4-22-15(9-18-16(22)11-20)17(23)21-5-7-24-8-6-21/h9H,3-8,10-11H2,1-2H3. The molecule has 4 rings (SSSR count). The molecule has 0 spiro atoms. The minimum Gasteiger partial charge on any atom is -0.378 e. The number of imidazole rings is 1. The zero-order valence-corrected chi connectivity index (χ0v) is 14.7. The van der Waals surface area contributed by atoms with Crippen molar-refractivity contribution in [2.24, 2.45) is 0 Å². The van der Waals surface area contributed by atoms with Gasteiger partial charge in [-0.2, -0.15) is 0 Å². The number of nitrogens with zero attached hydrogens (tertiary/aromatic N) is 5. The summed E-state index contributed by atoms with van der Waals surface area (Å²) in [6.45, 7) is 9.59. The lowest BCUT2D eigenvalue weighted by molar-refractivity contribution is 0.0294. The summed E-state index contributed by atoms with van der Waals surface area (Å²) in [6.07, 6.45) is 1.71. The quantitative estimate of drug-likeness (QED) is 0.825. The van der Waals surface area contributed by atoms with Gasteiger partial charge in [-0.15, -0.1) is 0 Å². The Hall–Kier alpha value is -2.19. The van der Waals surface area contributed by atoms with Gasteiger partial charge in [0.05, 0.1) is 31.6 Å². The molecule has 0 N–H and O–H groups in total. The van der Waals surface area contributed by atoms with Gasteiger partial charge in [-0.25, -0.2) is 4.98 Å². The smallest absolute Gasteiger partial charge is 0.272 e. The Bertz CT molecular complexity index is 756. The summed E-state index contributed by atoms with van der Waals surface area (Å²) in [4.78, 5) is 21.4. The Morgan fingerprint density at radius 3 is 2.72 bits per heavy atom. The SMILES string of the molecule is Cc1noc(C)c1CN1CCn2c(C(=O)N3CCOCC3)cnc2C1. The maximum Gasteiger partial charge on any atom is 0.272 e. The molecule has 2 aliphatic rings. The number of aryl methyl sites for hydroxylation is 2. The maximum atomic E-state index is 12.7. The number of carbonyl (C=O) groups excluding carboxylic acids is 1. The van der Waals surface area contributed by atoms with E-state index in [4.69, 9.17) is 9.26 Å². The number of amides is 1. The van der Waals surface area contributed by atoms with E-state index in [0.717, 1.165) is 49.0 Å². The van der Waals surface area contributed by atoms with E-state index in [1.807, 2.05) is 18.7 Å². The molecule has 0 atom stereocenters. The normalized spacial score (nSPS) is 18.4. The van der Waals surface area contributed by atoms with Gasteiger partial charge >= 0.3 is 0 Å². The minimum atomic E-state index is 0.0567. The molecule has 0 bridgehead atoms. The van der Waals surface area contributed by atoms with Gasteiger partial charge in [-0.1, -0.05) is 5.16 Å². The van der Waals surface area contributed by atoms with Gasteiger partial charge in [-0.3, -0.25) is 9.69 Å². The second-order valence-electron chi connectivity index (χ2n) is 6.63. The molecule has 2 aromatic rings. The number of rotatable bonds is 3. The molecule has 0 radical (unpaired) electrons. The van der Waals surface area contributed by atoms with Crippen LogP contribution >= 0.6 is 0 Å². The average Bonchev–Trinajstić information content (AvgIpc) is 3.20. The van der Waals surface area contributed by atoms with Crippen LogP contribution in [0.3, 0.4) is 0 Å². The van der Waals surface area contributed by atoms with E-state index >= 15 is 0 Å². The number of carbonyl (C=O) groups is 1. The third-order valence-electron chi connectivity index (χ3n) is 5.02. The molecule has 0 unspecified atom stereocenters. The second-order valence-corrected chi connectivity index (χ2v) is 6.63. The van der Waals surface area contributed by atoms with Crippen molar-refractivity contribution in [3.63, 3.8) is 0 Å². The molecule has 0 saturated carbocycles. The molecule has 134 valence electrons. The maximum absolute atomic E-state index is 12.7. The lowest BCUT2D eigenvalue weighted by Crippen LogP contribution is -2.42. The van der Waals surface area contributed by atoms with Crippen LogP contribution in [0, 0.1) is 13.8 Å². The Morgan fingerprint density at radius 1 is 1.20 bits per heavy atom. The largest absolute Gasteiger partial charge is 0.378 e. The number of fused-ring (bicyclic) bond motifs is 1. The zero-order chi connectivity index (χ0) is 17.4. The van der Waals surface area contributed by atoms with Gasteiger partial charge < -0.3 is 18.7 Å². The van der Waals surface area contributed by atoms with Crippen molar-refractivity contribution in [2.45, 2.75) is 33.5 Å². The number of hydrogen-bond acceptors (Lipinski definition) is 6. The molecule has 2 aromatic heterocycles. The lowest BCUT2D eigenvalue weighted by atomic mass is 10.2. The fourth-order valence-corrected chi connectivity index (χ4v) is 3.50. The molecule has 25 heavy (non-hydrogen) atoms. The summed E-state index contributed by atoms with van der Waals surface area (Å²) in [5.41, 5.74) is 2.77. The van der Waals surface area contributed by atoms with Crippen molar-refractivity contribution in [1.82, 2.24) is 24.5 Å². The monoisotopic (exact) mass is 345 g/mol. The van der Waals surface area contributed by atoms with Gasteiger partial charge in [0.15, 0.2) is 0 Å². The molecule has 1 fully saturated rings. The third kappa shape index (κ3) is 3.07. The molecular weight excluding hydrogens is 322 g/mol. The summed E-state index contributed by atoms with van der Waals surface area (Å²) in [6, 6.07) is 0. The Balaban J connectivity index is 1.48. The number of aromatic nitrogens is 3. The fourth-order valence-electron chi connectivity index (χ4n) is 3.50. The number of ether oxygens (including phenoxy) is 1. The van der Waals surface area contributed by atoms with E-state index < -0.39 is 0 Å². The van der Waals surface area contributed by atoms with Crippen molar-refractivity contribution >= 4 is 5.91 Å². The number of hydrogen-bond donors (Lipinski definition) is 0. The first-order valence-electron chi connectivity index (χ1n) is 8.69. The van der Waals surface area contributed by atoms with E-state index in [2.05, 4.69) is 19.6 Å². The molecule has 4 heterocycles. The third-order valence-corrected chi connectivity index (χ3v) is 5.02. The Morgan fingerprint density at radius 2 is 2.00 bits per heavy atom. The average molecular weight is 345 g/mol. The van der Waals surface area contributed by atoms with E-state index in [1.54, 1.807) is 6.20 Å². The zero-order valence-electron chi connectivity index (χ0n) is 14.7. The molecule has 0 aromatic carbocycles. The molecule has 0 aliphatic carbocycles. The van der Waals surface area contributed by atoms with Crippen LogP contribution in [0.5, 0.6) is 0 Å². The highest BCUT2D eigenvalue weighted by molar-refractivity contribution is 5.92. The van der Waals surface area contributed by atoms with Crippen LogP contribution in [-0.4, -0.2) is 63.3 Å². The molecule has 8 nitrogen and oxygen atoms in total. The van der Waals surface area contributed by atoms with E-state index in [-0.39, 0.29) is 5.91 Å². The van der Waals surface area contributed by atoms with Gasteiger partial charge in [0.1, 0.15) is 17.3 Å². The topological polar surface area (TPSA) is 76.6 Å². The van der Waals surface area contributed by atoms with Crippen LogP contribution in [-0.2, 0) is 24.4 Å². The predicted molar refractivity (Wildman–Crippen MR) is 89.0 cm³/mol. The van der Waals surface area contributed by atoms with Crippen molar-refractivity contribution in [3.05, 3.63) is 34.7 Å². The van der Waals surface area contributed by atoms with Gasteiger partial charge in [0.25, 0.3) is 5.91 Å². The van der Waals surface area contributed by atoms with E-state index in [9.17, 15) is 4.79 Å². The molecular formula is C17H23N5O3. The summed E-state index contributed by atoms with van der Waals surface area (Å²) in [5, 5.41) is 4.02. The van der Waals surface area contributed by atoms with Crippen LogP contribution in [0.1, 0.15) is 33.3 Å². The second kappa shape index (κ2) is 6.61. The van der Waals surface area contributed by atoms with Crippen molar-refractivity contribution in [3.8, 4) is 0 Å². The van der Waals surface area contributed by atoms with Gasteiger partial charge in [0, 0.05) is 38.3 Å². The molecule has 1 amide bonds. The van der Waals surface area contributed by atoms with Crippen LogP contribution in [0.2, 0.25) is 0 Å². The molecule has 1 saturated heterocycles. The number of morpholine rings is 1. The van der Waals surface area contributed by atoms with E-state index in [0.29, 0.717) is 32.0 Å². The highest BCUT2D eigenvalue weighted by Gasteiger charge is 2.27. The first-order chi connectivity index (χ1) is 12.1. The van der Waals surface area contributed by atoms with Gasteiger partial charge in [-0.05, 0) is 13.8 Å². The van der Waals surface area contributed by atoms with Crippen LogP contribution in [0.25, 0.3) is 0 Å². The Kier molecular flexibility index (Phi) is 4.30. The fraction of sp³-hybridized carbons (Fsp3) is 0.588. The van der Waals surface area contributed by atoms with E-state index in [1.165, 1.54) is 0 Å². The van der Waals surface area contributed by atoms with Crippen LogP contribution in [0.15, 0.2) is 10.7 Å². The molecule has 8 heteroatoms. The summed E-state index contributed by atoms with van der Waals surface area (Å²) in [7, 11) is 0.